The summed E-state index contributed by atoms with van der Waals surface area (Å²) in [6, 6.07) is 147. The van der Waals surface area contributed by atoms with Crippen molar-refractivity contribution in [3.05, 3.63) is 405 Å². The molecule has 0 fully saturated rings. The molecule has 121 heavy (non-hydrogen) atoms. The molecule has 17 aromatic carbocycles. The summed E-state index contributed by atoms with van der Waals surface area (Å²) in [6.07, 6.45) is 0. The molecule has 0 unspecified atom stereocenters. The molecule has 22 rings (SSSR count). The fourth-order valence-electron chi connectivity index (χ4n) is 19.6. The maximum atomic E-state index is 2.74. The summed E-state index contributed by atoms with van der Waals surface area (Å²) in [5, 5.41) is 7.23. The molecule has 0 bridgehead atoms. The van der Waals surface area contributed by atoms with Gasteiger partial charge in [0.2, 0.25) is 0 Å². The number of aromatic nitrogens is 3. The van der Waals surface area contributed by atoms with E-state index in [1.165, 1.54) is 76.4 Å². The smallest absolute Gasteiger partial charge is 0.252 e. The van der Waals surface area contributed by atoms with E-state index in [-0.39, 0.29) is 23.0 Å². The lowest BCUT2D eigenvalue weighted by Crippen LogP contribution is -2.61. The van der Waals surface area contributed by atoms with E-state index in [1.807, 2.05) is 0 Å². The van der Waals surface area contributed by atoms with E-state index in [9.17, 15) is 0 Å². The van der Waals surface area contributed by atoms with Gasteiger partial charge in [0, 0.05) is 100 Å². The Hall–Kier alpha value is -14.4. The van der Waals surface area contributed by atoms with Gasteiger partial charge in [-0.25, -0.2) is 0 Å². The summed E-state index contributed by atoms with van der Waals surface area (Å²) >= 11 is 0. The van der Waals surface area contributed by atoms with Gasteiger partial charge in [-0.2, -0.15) is 0 Å². The molecule has 2 aliphatic heterocycles. The number of anilines is 9. The minimum atomic E-state index is -0.317. The predicted octanol–water partition coefficient (Wildman–Crippen LogP) is 29.1. The highest BCUT2D eigenvalue weighted by Crippen LogP contribution is 2.55. The Kier molecular flexibility index (Phi) is 17.0. The number of benzene rings is 17. The largest absolute Gasteiger partial charge is 0.311 e. The van der Waals surface area contributed by atoms with Gasteiger partial charge in [-0.1, -0.05) is 299 Å². The highest BCUT2D eigenvalue weighted by Gasteiger charge is 2.46. The molecule has 0 radical (unpaired) electrons. The Morgan fingerprint density at radius 1 is 0.223 bits per heavy atom. The Labute approximate surface area is 708 Å². The average Bonchev–Trinajstić information content (AvgIpc) is 1.62. The zero-order valence-electron chi connectivity index (χ0n) is 69.7. The summed E-state index contributed by atoms with van der Waals surface area (Å²) in [7, 11) is 0. The molecule has 20 aromatic rings. The zero-order chi connectivity index (χ0) is 81.7. The van der Waals surface area contributed by atoms with E-state index < -0.39 is 0 Å². The van der Waals surface area contributed by atoms with Crippen LogP contribution in [-0.4, -0.2) is 20.4 Å². The summed E-state index contributed by atoms with van der Waals surface area (Å²) in [4.78, 5) is 7.78. The van der Waals surface area contributed by atoms with E-state index in [2.05, 4.69) is 479 Å². The van der Waals surface area contributed by atoms with Gasteiger partial charge in [-0.3, -0.25) is 0 Å². The molecule has 3 aromatic heterocycles. The quantitative estimate of drug-likeness (QED) is 0.114. The van der Waals surface area contributed by atoms with Crippen molar-refractivity contribution in [2.75, 3.05) is 14.7 Å². The SMILES string of the molecule is CC(C)(C)c1cc(-c2ccccc2)c(N2c3cc(-n4c5ccc(C(C)(C)C)cc5c5cc(C(C)(C)C)ccc54)ccc3B3c4ccc(-n5c6ccccc6c6cc(N(c7ccccc7)c7ccccc7)ccc65)cc4N(c4cc(-c5ccccc5)cc(-c5ccccc5)c4)c4cc(-n5c6ccccc6c6ccccc65)cc2c43)c(-c2ccccc2)c1. The lowest BCUT2D eigenvalue weighted by atomic mass is 9.33. The van der Waals surface area contributed by atoms with Crippen molar-refractivity contribution < 1.29 is 0 Å². The molecule has 0 spiro atoms. The Morgan fingerprint density at radius 2 is 0.570 bits per heavy atom. The van der Waals surface area contributed by atoms with Crippen molar-refractivity contribution in [1.82, 2.24) is 13.7 Å². The summed E-state index contributed by atoms with van der Waals surface area (Å²) in [5.74, 6) is 0. The lowest BCUT2D eigenvalue weighted by Gasteiger charge is -2.45. The second kappa shape index (κ2) is 28.2. The Morgan fingerprint density at radius 3 is 1.01 bits per heavy atom. The molecule has 0 atom stereocenters. The Balaban J connectivity index is 0.900. The number of fused-ring (bicyclic) bond motifs is 13. The van der Waals surface area contributed by atoms with Crippen LogP contribution in [-0.2, 0) is 16.2 Å². The van der Waals surface area contributed by atoms with Crippen LogP contribution >= 0.6 is 0 Å². The van der Waals surface area contributed by atoms with Crippen LogP contribution in [0.2, 0.25) is 0 Å². The lowest BCUT2D eigenvalue weighted by molar-refractivity contribution is 0.590. The van der Waals surface area contributed by atoms with Crippen LogP contribution in [0.3, 0.4) is 0 Å². The third-order valence-electron chi connectivity index (χ3n) is 25.6. The standard InChI is InChI=1S/C114H91BN6/c1-112(2,3)80-52-59-103-95(65-80)96-66-81(113(4,5)6)53-60-104(96)118(103)87-55-58-99-107(71-87)121(111-93(76-38-20-12-21-39-76)67-82(114(7,8)9)68-94(111)77-40-22-13-23-41-77)109-73-89(119-100-49-31-28-46-90(100)91-47-29-32-50-101(91)119)72-108-110(109)115(99)98-57-54-86(70-106(98)120(108)88-63-78(74-34-16-10-17-35-74)62-79(64-88)75-36-18-11-19-37-75)117-102-51-33-30-48-92(102)97-69-85(56-61-105(97)117)116(83-42-24-14-25-43-83)84-44-26-15-27-45-84/h10-73H,1-9H3. The number of para-hydroxylation sites is 5. The molecule has 2 aliphatic rings. The van der Waals surface area contributed by atoms with Gasteiger partial charge >= 0.3 is 0 Å². The summed E-state index contributed by atoms with van der Waals surface area (Å²) < 4.78 is 7.64. The number of hydrogen-bond donors (Lipinski definition) is 0. The van der Waals surface area contributed by atoms with Crippen molar-refractivity contribution in [1.29, 1.82) is 0 Å². The zero-order valence-corrected chi connectivity index (χ0v) is 69.7. The van der Waals surface area contributed by atoms with E-state index in [0.29, 0.717) is 0 Å². The molecule has 5 heterocycles. The predicted molar refractivity (Wildman–Crippen MR) is 516 cm³/mol. The minimum Gasteiger partial charge on any atom is -0.311 e. The molecule has 0 amide bonds. The van der Waals surface area contributed by atoms with Crippen molar-refractivity contribution in [2.45, 2.75) is 78.6 Å². The third-order valence-corrected chi connectivity index (χ3v) is 25.6. The maximum absolute atomic E-state index is 2.74. The van der Waals surface area contributed by atoms with Crippen LogP contribution < -0.4 is 31.1 Å². The van der Waals surface area contributed by atoms with Crippen LogP contribution in [0.1, 0.15) is 79.0 Å². The van der Waals surface area contributed by atoms with Crippen LogP contribution in [0.15, 0.2) is 388 Å². The van der Waals surface area contributed by atoms with Gasteiger partial charge in [0.25, 0.3) is 6.71 Å². The second-order valence-electron chi connectivity index (χ2n) is 36.1. The van der Waals surface area contributed by atoms with Gasteiger partial charge in [0.15, 0.2) is 0 Å². The molecule has 0 N–H and O–H groups in total. The minimum absolute atomic E-state index is 0.0840. The first-order chi connectivity index (χ1) is 58.9. The fourth-order valence-corrected chi connectivity index (χ4v) is 19.6. The fraction of sp³-hybridized carbons (Fsp3) is 0.105. The van der Waals surface area contributed by atoms with Gasteiger partial charge in [0.1, 0.15) is 0 Å². The van der Waals surface area contributed by atoms with Crippen LogP contribution in [0, 0.1) is 0 Å². The molecular formula is C114H91BN6. The van der Waals surface area contributed by atoms with Crippen LogP contribution in [0.25, 0.3) is 127 Å². The first-order valence-corrected chi connectivity index (χ1v) is 42.6. The topological polar surface area (TPSA) is 24.5 Å². The van der Waals surface area contributed by atoms with Crippen molar-refractivity contribution in [3.8, 4) is 61.6 Å². The molecule has 0 saturated heterocycles. The normalized spacial score (nSPS) is 12.8. The number of rotatable bonds is 12. The molecule has 0 saturated carbocycles. The monoisotopic (exact) mass is 1550 g/mol. The van der Waals surface area contributed by atoms with Gasteiger partial charge in [-0.15, -0.1) is 0 Å². The number of nitrogens with zero attached hydrogens (tertiary/aromatic N) is 6. The maximum Gasteiger partial charge on any atom is 0.252 e. The molecular weight excluding hydrogens is 1460 g/mol. The van der Waals surface area contributed by atoms with Crippen LogP contribution in [0.5, 0.6) is 0 Å². The summed E-state index contributed by atoms with van der Waals surface area (Å²) in [5.41, 5.74) is 35.9. The first kappa shape index (κ1) is 73.0. The van der Waals surface area contributed by atoms with Gasteiger partial charge in [-0.05, 0) is 234 Å². The third kappa shape index (κ3) is 12.1. The van der Waals surface area contributed by atoms with Crippen molar-refractivity contribution in [3.63, 3.8) is 0 Å². The summed E-state index contributed by atoms with van der Waals surface area (Å²) in [6.45, 7) is 20.8. The van der Waals surface area contributed by atoms with E-state index in [0.717, 1.165) is 135 Å². The molecule has 6 nitrogen and oxygen atoms in total. The van der Waals surface area contributed by atoms with E-state index in [1.54, 1.807) is 0 Å². The van der Waals surface area contributed by atoms with E-state index >= 15 is 0 Å². The Bertz CT molecular complexity index is 7220. The van der Waals surface area contributed by atoms with Crippen LogP contribution in [0.4, 0.5) is 51.2 Å². The second-order valence-corrected chi connectivity index (χ2v) is 36.1. The number of hydrogen-bond acceptors (Lipinski definition) is 3. The van der Waals surface area contributed by atoms with Crippen molar-refractivity contribution in [2.24, 2.45) is 0 Å². The first-order valence-electron chi connectivity index (χ1n) is 42.6. The molecule has 580 valence electrons. The van der Waals surface area contributed by atoms with E-state index in [4.69, 9.17) is 0 Å². The average molecular weight is 1560 g/mol. The molecule has 7 heteroatoms. The molecule has 0 aliphatic carbocycles. The van der Waals surface area contributed by atoms with Gasteiger partial charge in [0.05, 0.1) is 44.5 Å². The highest BCUT2D eigenvalue weighted by atomic mass is 15.2. The van der Waals surface area contributed by atoms with Crippen molar-refractivity contribution >= 4 is 140 Å². The highest BCUT2D eigenvalue weighted by molar-refractivity contribution is 7.00. The van der Waals surface area contributed by atoms with Gasteiger partial charge < -0.3 is 28.4 Å².